The molecule has 1 aromatic carbocycles. The normalized spacial score (nSPS) is 11.4. The van der Waals surface area contributed by atoms with Crippen LogP contribution in [0.4, 0.5) is 0 Å². The maximum Gasteiger partial charge on any atom is 0.335 e. The summed E-state index contributed by atoms with van der Waals surface area (Å²) >= 11 is 2.86. The van der Waals surface area contributed by atoms with Crippen LogP contribution in [0.15, 0.2) is 45.1 Å². The minimum Gasteiger partial charge on any atom is -0.478 e. The third kappa shape index (κ3) is 3.81. The van der Waals surface area contributed by atoms with E-state index >= 15 is 0 Å². The molecule has 0 saturated carbocycles. The van der Waals surface area contributed by atoms with Crippen molar-refractivity contribution in [3.63, 3.8) is 0 Å². The third-order valence-corrected chi connectivity index (χ3v) is 6.41. The molecular formula is C12H11NO4S3. The lowest BCUT2D eigenvalue weighted by Gasteiger charge is -2.04. The van der Waals surface area contributed by atoms with E-state index in [0.717, 1.165) is 4.34 Å². The number of hydrogen-bond acceptors (Lipinski definition) is 6. The summed E-state index contributed by atoms with van der Waals surface area (Å²) in [6.45, 7) is 0. The van der Waals surface area contributed by atoms with Crippen molar-refractivity contribution in [1.29, 1.82) is 0 Å². The number of carboxylic acid groups (broad SMARTS) is 1. The van der Waals surface area contributed by atoms with Gasteiger partial charge in [0.2, 0.25) is 0 Å². The van der Waals surface area contributed by atoms with Crippen molar-refractivity contribution in [3.05, 3.63) is 41.4 Å². The van der Waals surface area contributed by atoms with Gasteiger partial charge < -0.3 is 5.11 Å². The highest BCUT2D eigenvalue weighted by molar-refractivity contribution is 8.02. The summed E-state index contributed by atoms with van der Waals surface area (Å²) < 4.78 is 25.0. The van der Waals surface area contributed by atoms with E-state index in [9.17, 15) is 13.2 Å². The van der Waals surface area contributed by atoms with E-state index in [2.05, 4.69) is 4.98 Å². The van der Waals surface area contributed by atoms with Gasteiger partial charge in [-0.3, -0.25) is 0 Å². The van der Waals surface area contributed by atoms with Crippen LogP contribution < -0.4 is 0 Å². The zero-order valence-electron chi connectivity index (χ0n) is 10.2. The van der Waals surface area contributed by atoms with E-state index < -0.39 is 15.8 Å². The number of thiazole rings is 1. The Bertz CT molecular complexity index is 678. The number of hydrogen-bond donors (Lipinski definition) is 1. The summed E-state index contributed by atoms with van der Waals surface area (Å²) in [5.41, 5.74) is 0.0705. The van der Waals surface area contributed by atoms with Crippen molar-refractivity contribution in [2.24, 2.45) is 0 Å². The number of rotatable bonds is 6. The maximum atomic E-state index is 12.1. The van der Waals surface area contributed by atoms with Crippen molar-refractivity contribution in [1.82, 2.24) is 4.98 Å². The number of carbonyl (C=O) groups is 1. The van der Waals surface area contributed by atoms with Crippen molar-refractivity contribution in [2.45, 2.75) is 9.24 Å². The van der Waals surface area contributed by atoms with Crippen LogP contribution in [0, 0.1) is 0 Å². The molecule has 1 aromatic heterocycles. The Kier molecular flexibility index (Phi) is 4.79. The fourth-order valence-electron chi connectivity index (χ4n) is 1.44. The van der Waals surface area contributed by atoms with Crippen LogP contribution in [0.3, 0.4) is 0 Å². The number of aromatic nitrogens is 1. The standard InChI is InChI=1S/C12H11NO4S3/c14-11(15)9-1-3-10(4-2-9)20(16,17)8-7-19-12-13-5-6-18-12/h1-6H,7-8H2,(H,14,15). The van der Waals surface area contributed by atoms with E-state index in [1.165, 1.54) is 47.4 Å². The predicted octanol–water partition coefficient (Wildman–Crippen LogP) is 2.41. The number of benzene rings is 1. The molecule has 0 atom stereocenters. The predicted molar refractivity (Wildman–Crippen MR) is 78.3 cm³/mol. The second-order valence-electron chi connectivity index (χ2n) is 3.79. The van der Waals surface area contributed by atoms with Crippen molar-refractivity contribution >= 4 is 38.9 Å². The molecule has 0 amide bonds. The molecule has 0 aliphatic heterocycles. The van der Waals surface area contributed by atoms with Gasteiger partial charge in [-0.15, -0.1) is 11.3 Å². The van der Waals surface area contributed by atoms with Gasteiger partial charge in [-0.1, -0.05) is 11.8 Å². The van der Waals surface area contributed by atoms with Crippen LogP contribution in [0.25, 0.3) is 0 Å². The average molecular weight is 329 g/mol. The van der Waals surface area contributed by atoms with E-state index in [4.69, 9.17) is 5.11 Å². The molecule has 0 fully saturated rings. The molecule has 106 valence electrons. The first-order valence-corrected chi connectivity index (χ1v) is 9.09. The van der Waals surface area contributed by atoms with Crippen LogP contribution in [-0.4, -0.2) is 36.0 Å². The highest BCUT2D eigenvalue weighted by atomic mass is 32.2. The fourth-order valence-corrected chi connectivity index (χ4v) is 4.80. The van der Waals surface area contributed by atoms with E-state index in [1.54, 1.807) is 6.20 Å². The first kappa shape index (κ1) is 15.0. The number of sulfone groups is 1. The Morgan fingerprint density at radius 3 is 2.55 bits per heavy atom. The number of nitrogens with zero attached hydrogens (tertiary/aromatic N) is 1. The quantitative estimate of drug-likeness (QED) is 0.819. The lowest BCUT2D eigenvalue weighted by atomic mass is 10.2. The molecule has 20 heavy (non-hydrogen) atoms. The smallest absolute Gasteiger partial charge is 0.335 e. The van der Waals surface area contributed by atoms with E-state index in [1.807, 2.05) is 5.38 Å². The van der Waals surface area contributed by atoms with Gasteiger partial charge in [0, 0.05) is 17.3 Å². The molecule has 2 aromatic rings. The van der Waals surface area contributed by atoms with Crippen LogP contribution in [0.2, 0.25) is 0 Å². The SMILES string of the molecule is O=C(O)c1ccc(S(=O)(=O)CCSc2nccs2)cc1. The summed E-state index contributed by atoms with van der Waals surface area (Å²) in [6.07, 6.45) is 1.67. The Morgan fingerprint density at radius 2 is 2.00 bits per heavy atom. The highest BCUT2D eigenvalue weighted by Crippen LogP contribution is 2.21. The number of thioether (sulfide) groups is 1. The topological polar surface area (TPSA) is 84.3 Å². The molecule has 2 rings (SSSR count). The second-order valence-corrected chi connectivity index (χ2v) is 8.14. The average Bonchev–Trinajstić information content (AvgIpc) is 2.92. The first-order valence-electron chi connectivity index (χ1n) is 5.57. The molecule has 1 N–H and O–H groups in total. The Balaban J connectivity index is 2.00. The van der Waals surface area contributed by atoms with Crippen LogP contribution in [0.1, 0.15) is 10.4 Å². The largest absolute Gasteiger partial charge is 0.478 e. The summed E-state index contributed by atoms with van der Waals surface area (Å²) in [6, 6.07) is 5.24. The molecular weight excluding hydrogens is 318 g/mol. The second kappa shape index (κ2) is 6.38. The molecule has 5 nitrogen and oxygen atoms in total. The summed E-state index contributed by atoms with van der Waals surface area (Å²) in [4.78, 5) is 14.9. The van der Waals surface area contributed by atoms with Crippen LogP contribution in [0.5, 0.6) is 0 Å². The highest BCUT2D eigenvalue weighted by Gasteiger charge is 2.15. The summed E-state index contributed by atoms with van der Waals surface area (Å²) in [5, 5.41) is 10.6. The van der Waals surface area contributed by atoms with Gasteiger partial charge in [0.1, 0.15) is 4.34 Å². The number of aromatic carboxylic acids is 1. The molecule has 0 saturated heterocycles. The Hall–Kier alpha value is -1.38. The molecule has 0 spiro atoms. The van der Waals surface area contributed by atoms with Gasteiger partial charge in [-0.2, -0.15) is 0 Å². The van der Waals surface area contributed by atoms with E-state index in [0.29, 0.717) is 5.75 Å². The monoisotopic (exact) mass is 329 g/mol. The molecule has 0 aliphatic rings. The zero-order chi connectivity index (χ0) is 14.6. The van der Waals surface area contributed by atoms with Crippen LogP contribution >= 0.6 is 23.1 Å². The van der Waals surface area contributed by atoms with Crippen molar-refractivity contribution in [3.8, 4) is 0 Å². The fraction of sp³-hybridized carbons (Fsp3) is 0.167. The summed E-state index contributed by atoms with van der Waals surface area (Å²) in [5.74, 6) is -0.673. The number of carboxylic acids is 1. The maximum absolute atomic E-state index is 12.1. The van der Waals surface area contributed by atoms with Gasteiger partial charge in [0.05, 0.1) is 16.2 Å². The molecule has 0 bridgehead atoms. The van der Waals surface area contributed by atoms with Gasteiger partial charge in [-0.05, 0) is 24.3 Å². The van der Waals surface area contributed by atoms with Gasteiger partial charge in [-0.25, -0.2) is 18.2 Å². The molecule has 0 unspecified atom stereocenters. The van der Waals surface area contributed by atoms with Crippen molar-refractivity contribution < 1.29 is 18.3 Å². The lowest BCUT2D eigenvalue weighted by Crippen LogP contribution is -2.09. The van der Waals surface area contributed by atoms with E-state index in [-0.39, 0.29) is 16.2 Å². The minimum absolute atomic E-state index is 0.0103. The van der Waals surface area contributed by atoms with Gasteiger partial charge in [0.15, 0.2) is 9.84 Å². The Labute approximate surface area is 124 Å². The van der Waals surface area contributed by atoms with Crippen molar-refractivity contribution in [2.75, 3.05) is 11.5 Å². The lowest BCUT2D eigenvalue weighted by molar-refractivity contribution is 0.0697. The molecule has 0 radical (unpaired) electrons. The van der Waals surface area contributed by atoms with Gasteiger partial charge >= 0.3 is 5.97 Å². The third-order valence-electron chi connectivity index (χ3n) is 2.45. The summed E-state index contributed by atoms with van der Waals surface area (Å²) in [7, 11) is -3.39. The first-order chi connectivity index (χ1) is 9.49. The molecule has 8 heteroatoms. The minimum atomic E-state index is -3.39. The van der Waals surface area contributed by atoms with Gasteiger partial charge in [0.25, 0.3) is 0 Å². The zero-order valence-corrected chi connectivity index (χ0v) is 12.7. The van der Waals surface area contributed by atoms with Crippen LogP contribution in [-0.2, 0) is 9.84 Å². The molecule has 1 heterocycles. The molecule has 0 aliphatic carbocycles. The Morgan fingerprint density at radius 1 is 1.30 bits per heavy atom.